The van der Waals surface area contributed by atoms with Crippen molar-refractivity contribution in [2.24, 2.45) is 16.8 Å². The van der Waals surface area contributed by atoms with Crippen LogP contribution in [0.1, 0.15) is 32.1 Å². The van der Waals surface area contributed by atoms with E-state index in [1.807, 2.05) is 0 Å². The van der Waals surface area contributed by atoms with Crippen molar-refractivity contribution in [3.05, 3.63) is 0 Å². The van der Waals surface area contributed by atoms with Crippen LogP contribution in [0.25, 0.3) is 0 Å². The molecule has 3 atom stereocenters. The fourth-order valence-corrected chi connectivity index (χ4v) is 3.24. The Bertz CT molecular complexity index is 491. The number of carbonyl (C=O) groups is 1. The molecular weight excluding hydrogens is 349 g/mol. The van der Waals surface area contributed by atoms with Gasteiger partial charge in [-0.25, -0.2) is 4.99 Å². The van der Waals surface area contributed by atoms with Gasteiger partial charge in [0.1, 0.15) is 6.54 Å². The van der Waals surface area contributed by atoms with E-state index in [0.717, 1.165) is 13.0 Å². The number of rotatable bonds is 5. The molecule has 0 aromatic heterocycles. The van der Waals surface area contributed by atoms with E-state index in [1.54, 1.807) is 14.1 Å². The predicted molar refractivity (Wildman–Crippen MR) is 92.9 cm³/mol. The number of alkyl halides is 3. The second kappa shape index (κ2) is 9.43. The van der Waals surface area contributed by atoms with E-state index >= 15 is 0 Å². The maximum atomic E-state index is 13.0. The molecule has 1 amide bonds. The van der Waals surface area contributed by atoms with Crippen LogP contribution < -0.4 is 10.6 Å². The smallest absolute Gasteiger partial charge is 0.381 e. The van der Waals surface area contributed by atoms with Crippen molar-refractivity contribution < 1.29 is 22.7 Å². The average molecular weight is 378 g/mol. The topological polar surface area (TPSA) is 66.0 Å². The molecule has 26 heavy (non-hydrogen) atoms. The predicted octanol–water partition coefficient (Wildman–Crippen LogP) is 1.77. The summed E-state index contributed by atoms with van der Waals surface area (Å²) >= 11 is 0. The monoisotopic (exact) mass is 378 g/mol. The molecule has 1 saturated heterocycles. The average Bonchev–Trinajstić information content (AvgIpc) is 3.10. The Morgan fingerprint density at radius 2 is 2.04 bits per heavy atom. The lowest BCUT2D eigenvalue weighted by Crippen LogP contribution is -2.48. The summed E-state index contributed by atoms with van der Waals surface area (Å²) < 4.78 is 44.4. The second-order valence-corrected chi connectivity index (χ2v) is 7.31. The van der Waals surface area contributed by atoms with Gasteiger partial charge in [-0.2, -0.15) is 13.2 Å². The first-order chi connectivity index (χ1) is 12.3. The highest BCUT2D eigenvalue weighted by atomic mass is 19.4. The van der Waals surface area contributed by atoms with Gasteiger partial charge in [0.25, 0.3) is 0 Å². The minimum Gasteiger partial charge on any atom is -0.381 e. The van der Waals surface area contributed by atoms with Crippen LogP contribution >= 0.6 is 0 Å². The SMILES string of the molecule is CN(C)C(=O)CN=C(NCC1CCOC1)NC1CCCC(C(F)(F)F)C1. The summed E-state index contributed by atoms with van der Waals surface area (Å²) in [6, 6.07) is -0.295. The first kappa shape index (κ1) is 20.8. The molecule has 3 unspecified atom stereocenters. The van der Waals surface area contributed by atoms with Gasteiger partial charge in [0, 0.05) is 39.2 Å². The van der Waals surface area contributed by atoms with Crippen molar-refractivity contribution in [1.82, 2.24) is 15.5 Å². The van der Waals surface area contributed by atoms with E-state index in [9.17, 15) is 18.0 Å². The van der Waals surface area contributed by atoms with Gasteiger partial charge in [0.15, 0.2) is 5.96 Å². The summed E-state index contributed by atoms with van der Waals surface area (Å²) in [7, 11) is 3.28. The van der Waals surface area contributed by atoms with E-state index in [4.69, 9.17) is 4.74 Å². The van der Waals surface area contributed by atoms with Crippen LogP contribution in [0.15, 0.2) is 4.99 Å². The van der Waals surface area contributed by atoms with Crippen LogP contribution in [0.2, 0.25) is 0 Å². The van der Waals surface area contributed by atoms with E-state index < -0.39 is 12.1 Å². The van der Waals surface area contributed by atoms with Gasteiger partial charge in [0.05, 0.1) is 12.5 Å². The van der Waals surface area contributed by atoms with Crippen LogP contribution in [0.3, 0.4) is 0 Å². The summed E-state index contributed by atoms with van der Waals surface area (Å²) in [5, 5.41) is 6.27. The molecule has 0 radical (unpaired) electrons. The highest BCUT2D eigenvalue weighted by molar-refractivity contribution is 5.84. The summed E-state index contributed by atoms with van der Waals surface area (Å²) in [5.41, 5.74) is 0. The third-order valence-electron chi connectivity index (χ3n) is 4.93. The molecule has 2 fully saturated rings. The maximum Gasteiger partial charge on any atom is 0.391 e. The van der Waals surface area contributed by atoms with Gasteiger partial charge < -0.3 is 20.3 Å². The Morgan fingerprint density at radius 1 is 1.27 bits per heavy atom. The maximum absolute atomic E-state index is 13.0. The van der Waals surface area contributed by atoms with Gasteiger partial charge in [0.2, 0.25) is 5.91 Å². The summed E-state index contributed by atoms with van der Waals surface area (Å²) in [5.74, 6) is -0.686. The molecule has 1 aliphatic heterocycles. The number of hydrogen-bond donors (Lipinski definition) is 2. The Kier molecular flexibility index (Phi) is 7.55. The minimum absolute atomic E-state index is 0.0400. The molecule has 1 saturated carbocycles. The van der Waals surface area contributed by atoms with Crippen molar-refractivity contribution in [2.75, 3.05) is 40.4 Å². The van der Waals surface area contributed by atoms with E-state index in [-0.39, 0.29) is 31.3 Å². The number of guanidine groups is 1. The first-order valence-electron chi connectivity index (χ1n) is 9.15. The number of halogens is 3. The van der Waals surface area contributed by atoms with Crippen LogP contribution in [0.4, 0.5) is 13.2 Å². The first-order valence-corrected chi connectivity index (χ1v) is 9.15. The van der Waals surface area contributed by atoms with E-state index in [1.165, 1.54) is 4.90 Å². The van der Waals surface area contributed by atoms with Gasteiger partial charge in [-0.15, -0.1) is 0 Å². The molecule has 1 aliphatic carbocycles. The van der Waals surface area contributed by atoms with Gasteiger partial charge in [-0.05, 0) is 25.7 Å². The Morgan fingerprint density at radius 3 is 2.65 bits per heavy atom. The molecule has 2 N–H and O–H groups in total. The molecular formula is C17H29F3N4O2. The number of amides is 1. The van der Waals surface area contributed by atoms with Crippen LogP contribution in [-0.2, 0) is 9.53 Å². The van der Waals surface area contributed by atoms with Crippen molar-refractivity contribution in [3.63, 3.8) is 0 Å². The summed E-state index contributed by atoms with van der Waals surface area (Å²) in [4.78, 5) is 17.5. The molecule has 9 heteroatoms. The fraction of sp³-hybridized carbons (Fsp3) is 0.882. The number of carbonyl (C=O) groups excluding carboxylic acids is 1. The number of hydrogen-bond acceptors (Lipinski definition) is 3. The zero-order valence-corrected chi connectivity index (χ0v) is 15.4. The highest BCUT2D eigenvalue weighted by Crippen LogP contribution is 2.37. The van der Waals surface area contributed by atoms with Gasteiger partial charge in [-0.1, -0.05) is 6.42 Å². The quantitative estimate of drug-likeness (QED) is 0.565. The molecule has 150 valence electrons. The lowest BCUT2D eigenvalue weighted by molar-refractivity contribution is -0.183. The van der Waals surface area contributed by atoms with E-state index in [0.29, 0.717) is 37.9 Å². The molecule has 0 aromatic rings. The molecule has 2 aliphatic rings. The number of nitrogens with zero attached hydrogens (tertiary/aromatic N) is 2. The van der Waals surface area contributed by atoms with Gasteiger partial charge in [-0.3, -0.25) is 4.79 Å². The highest BCUT2D eigenvalue weighted by Gasteiger charge is 2.42. The molecule has 0 aromatic carbocycles. The number of nitrogens with one attached hydrogen (secondary N) is 2. The fourth-order valence-electron chi connectivity index (χ4n) is 3.24. The van der Waals surface area contributed by atoms with Crippen molar-refractivity contribution >= 4 is 11.9 Å². The Labute approximate surface area is 152 Å². The zero-order chi connectivity index (χ0) is 19.2. The summed E-state index contributed by atoms with van der Waals surface area (Å²) in [6.45, 7) is 1.97. The second-order valence-electron chi connectivity index (χ2n) is 7.31. The van der Waals surface area contributed by atoms with Crippen molar-refractivity contribution in [2.45, 2.75) is 44.3 Å². The van der Waals surface area contributed by atoms with Crippen LogP contribution in [-0.4, -0.2) is 69.4 Å². The minimum atomic E-state index is -4.16. The van der Waals surface area contributed by atoms with E-state index in [2.05, 4.69) is 15.6 Å². The number of ether oxygens (including phenoxy) is 1. The van der Waals surface area contributed by atoms with Crippen LogP contribution in [0, 0.1) is 11.8 Å². The summed E-state index contributed by atoms with van der Waals surface area (Å²) in [6.07, 6.45) is -1.80. The molecule has 6 nitrogen and oxygen atoms in total. The largest absolute Gasteiger partial charge is 0.391 e. The lowest BCUT2D eigenvalue weighted by Gasteiger charge is -2.32. The lowest BCUT2D eigenvalue weighted by atomic mass is 9.85. The number of likely N-dealkylation sites (N-methyl/N-ethyl adjacent to an activating group) is 1. The third kappa shape index (κ3) is 6.66. The molecule has 0 bridgehead atoms. The normalized spacial score (nSPS) is 27.3. The third-order valence-corrected chi connectivity index (χ3v) is 4.93. The van der Waals surface area contributed by atoms with Crippen LogP contribution in [0.5, 0.6) is 0 Å². The van der Waals surface area contributed by atoms with Gasteiger partial charge >= 0.3 is 6.18 Å². The van der Waals surface area contributed by atoms with Crippen molar-refractivity contribution in [1.29, 1.82) is 0 Å². The number of aliphatic imine (C=N–C) groups is 1. The Balaban J connectivity index is 1.95. The zero-order valence-electron chi connectivity index (χ0n) is 15.4. The molecule has 2 rings (SSSR count). The standard InChI is InChI=1S/C17H29F3N4O2/c1-24(2)15(25)10-22-16(21-9-12-6-7-26-11-12)23-14-5-3-4-13(8-14)17(18,19)20/h12-14H,3-11H2,1-2H3,(H2,21,22,23). The molecule has 0 spiro atoms. The molecule has 1 heterocycles. The van der Waals surface area contributed by atoms with Crippen molar-refractivity contribution in [3.8, 4) is 0 Å². The Hall–Kier alpha value is -1.51.